The zero-order valence-corrected chi connectivity index (χ0v) is 32.9. The molecule has 0 saturated carbocycles. The molecule has 10 aromatic carbocycles. The second kappa shape index (κ2) is 15.1. The van der Waals surface area contributed by atoms with Crippen molar-refractivity contribution in [1.82, 2.24) is 0 Å². The summed E-state index contributed by atoms with van der Waals surface area (Å²) in [6.07, 6.45) is 0. The fraction of sp³-hybridized carbons (Fsp3) is 0.0175. The standard InChI is InChI=1S/C57H40N2O/c1-4-16-40(17-5-1)42-19-14-20-43(34-42)51-27-11-10-18-45(51)39-58(48-25-15-26-50(36-48)59(46-21-6-2-7-22-46)47-23-8-3-9-24-47)49-33-32-41-30-31-44-35-57-55(38-54(44)53(41)37-49)52-28-12-13-29-56(52)60-57/h1-38H,39H2. The number of rotatable bonds is 9. The van der Waals surface area contributed by atoms with E-state index in [0.29, 0.717) is 6.54 Å². The number of benzene rings is 10. The SMILES string of the molecule is c1ccc(-c2cccc(-c3ccccc3CN(c3cccc(N(c4ccccc4)c4ccccc4)c3)c3ccc4ccc5cc6oc7ccccc7c6cc5c4c3)c2)cc1. The molecule has 0 radical (unpaired) electrons. The monoisotopic (exact) mass is 768 g/mol. The molecule has 1 aromatic heterocycles. The molecule has 11 rings (SSSR count). The van der Waals surface area contributed by atoms with Crippen LogP contribution in [0.4, 0.5) is 28.4 Å². The van der Waals surface area contributed by atoms with E-state index in [4.69, 9.17) is 4.42 Å². The van der Waals surface area contributed by atoms with Gasteiger partial charge < -0.3 is 14.2 Å². The molecule has 11 aromatic rings. The summed E-state index contributed by atoms with van der Waals surface area (Å²) in [5, 5.41) is 7.04. The van der Waals surface area contributed by atoms with E-state index in [0.717, 1.165) is 55.8 Å². The Labute approximate surface area is 349 Å². The first-order valence-electron chi connectivity index (χ1n) is 20.5. The van der Waals surface area contributed by atoms with E-state index in [1.807, 2.05) is 6.07 Å². The summed E-state index contributed by atoms with van der Waals surface area (Å²) in [6.45, 7) is 0.652. The molecule has 1 heterocycles. The topological polar surface area (TPSA) is 19.6 Å². The highest BCUT2D eigenvalue weighted by Crippen LogP contribution is 2.41. The number of furan rings is 1. The number of hydrogen-bond acceptors (Lipinski definition) is 3. The van der Waals surface area contributed by atoms with Gasteiger partial charge in [0.1, 0.15) is 11.2 Å². The third-order valence-corrected chi connectivity index (χ3v) is 11.7. The average molecular weight is 769 g/mol. The minimum Gasteiger partial charge on any atom is -0.456 e. The lowest BCUT2D eigenvalue weighted by atomic mass is 9.95. The third-order valence-electron chi connectivity index (χ3n) is 11.7. The largest absolute Gasteiger partial charge is 0.456 e. The molecule has 0 unspecified atom stereocenters. The van der Waals surface area contributed by atoms with E-state index >= 15 is 0 Å². The van der Waals surface area contributed by atoms with Gasteiger partial charge in [-0.15, -0.1) is 0 Å². The van der Waals surface area contributed by atoms with Crippen molar-refractivity contribution in [2.75, 3.05) is 9.80 Å². The molecule has 0 aliphatic rings. The van der Waals surface area contributed by atoms with Crippen LogP contribution in [0.5, 0.6) is 0 Å². The molecule has 0 fully saturated rings. The van der Waals surface area contributed by atoms with Gasteiger partial charge in [0.05, 0.1) is 0 Å². The van der Waals surface area contributed by atoms with Gasteiger partial charge in [-0.25, -0.2) is 0 Å². The molecule has 0 aliphatic carbocycles. The quantitative estimate of drug-likeness (QED) is 0.136. The van der Waals surface area contributed by atoms with Crippen molar-refractivity contribution >= 4 is 71.9 Å². The van der Waals surface area contributed by atoms with Crippen LogP contribution in [-0.2, 0) is 6.54 Å². The molecule has 0 saturated heterocycles. The molecule has 284 valence electrons. The Balaban J connectivity index is 1.09. The van der Waals surface area contributed by atoms with Crippen LogP contribution in [0.25, 0.3) is 65.7 Å². The van der Waals surface area contributed by atoms with Crippen LogP contribution < -0.4 is 9.80 Å². The third kappa shape index (κ3) is 6.53. The Morgan fingerprint density at radius 2 is 0.900 bits per heavy atom. The smallest absolute Gasteiger partial charge is 0.136 e. The normalized spacial score (nSPS) is 11.4. The summed E-state index contributed by atoms with van der Waals surface area (Å²) in [5.74, 6) is 0. The Kier molecular flexibility index (Phi) is 8.90. The summed E-state index contributed by atoms with van der Waals surface area (Å²) < 4.78 is 6.32. The van der Waals surface area contributed by atoms with Crippen LogP contribution in [0.2, 0.25) is 0 Å². The van der Waals surface area contributed by atoms with Crippen LogP contribution in [0, 0.1) is 0 Å². The van der Waals surface area contributed by atoms with Gasteiger partial charge in [-0.2, -0.15) is 0 Å². The highest BCUT2D eigenvalue weighted by Gasteiger charge is 2.19. The van der Waals surface area contributed by atoms with Gasteiger partial charge in [0.25, 0.3) is 0 Å². The fourth-order valence-corrected chi connectivity index (χ4v) is 8.77. The predicted octanol–water partition coefficient (Wildman–Crippen LogP) is 16.0. The molecule has 0 spiro atoms. The van der Waals surface area contributed by atoms with Gasteiger partial charge in [-0.05, 0) is 128 Å². The predicted molar refractivity (Wildman–Crippen MR) is 253 cm³/mol. The zero-order valence-electron chi connectivity index (χ0n) is 32.9. The Bertz CT molecular complexity index is 3260. The van der Waals surface area contributed by atoms with E-state index in [1.54, 1.807) is 0 Å². The molecule has 0 aliphatic heterocycles. The van der Waals surface area contributed by atoms with E-state index in [2.05, 4.69) is 234 Å². The summed E-state index contributed by atoms with van der Waals surface area (Å²) in [6, 6.07) is 82.8. The van der Waals surface area contributed by atoms with Crippen molar-refractivity contribution < 1.29 is 4.42 Å². The first-order chi connectivity index (χ1) is 29.7. The van der Waals surface area contributed by atoms with Crippen molar-refractivity contribution in [1.29, 1.82) is 0 Å². The maximum Gasteiger partial charge on any atom is 0.136 e. The van der Waals surface area contributed by atoms with E-state index in [9.17, 15) is 0 Å². The molecule has 0 N–H and O–H groups in total. The summed E-state index contributed by atoms with van der Waals surface area (Å²) >= 11 is 0. The zero-order chi connectivity index (χ0) is 39.8. The van der Waals surface area contributed by atoms with Gasteiger partial charge >= 0.3 is 0 Å². The molecule has 3 nitrogen and oxygen atoms in total. The molecule has 60 heavy (non-hydrogen) atoms. The second-order valence-corrected chi connectivity index (χ2v) is 15.4. The summed E-state index contributed by atoms with van der Waals surface area (Å²) in [7, 11) is 0. The lowest BCUT2D eigenvalue weighted by molar-refractivity contribution is 0.669. The molecular weight excluding hydrogens is 729 g/mol. The number of anilines is 5. The van der Waals surface area contributed by atoms with Gasteiger partial charge in [0.15, 0.2) is 0 Å². The number of fused-ring (bicyclic) bond motifs is 6. The number of nitrogens with zero attached hydrogens (tertiary/aromatic N) is 2. The van der Waals surface area contributed by atoms with Gasteiger partial charge in [-0.3, -0.25) is 0 Å². The summed E-state index contributed by atoms with van der Waals surface area (Å²) in [4.78, 5) is 4.81. The lowest BCUT2D eigenvalue weighted by Gasteiger charge is -2.30. The van der Waals surface area contributed by atoms with Crippen LogP contribution in [0.3, 0.4) is 0 Å². The minimum atomic E-state index is 0.652. The van der Waals surface area contributed by atoms with E-state index < -0.39 is 0 Å². The van der Waals surface area contributed by atoms with Crippen LogP contribution in [-0.4, -0.2) is 0 Å². The Morgan fingerprint density at radius 3 is 1.72 bits per heavy atom. The van der Waals surface area contributed by atoms with Gasteiger partial charge in [0, 0.05) is 45.8 Å². The molecule has 0 amide bonds. The first-order valence-corrected chi connectivity index (χ1v) is 20.5. The van der Waals surface area contributed by atoms with E-state index in [1.165, 1.54) is 44.0 Å². The first kappa shape index (κ1) is 35.3. The van der Waals surface area contributed by atoms with Crippen molar-refractivity contribution in [3.8, 4) is 22.3 Å². The van der Waals surface area contributed by atoms with Crippen molar-refractivity contribution in [2.45, 2.75) is 6.54 Å². The number of para-hydroxylation sites is 3. The second-order valence-electron chi connectivity index (χ2n) is 15.4. The fourth-order valence-electron chi connectivity index (χ4n) is 8.77. The molecular formula is C57H40N2O. The molecule has 0 atom stereocenters. The Hall–Kier alpha value is -7.88. The Morgan fingerprint density at radius 1 is 0.317 bits per heavy atom. The summed E-state index contributed by atoms with van der Waals surface area (Å²) in [5.41, 5.74) is 13.4. The van der Waals surface area contributed by atoms with Gasteiger partial charge in [0.2, 0.25) is 0 Å². The maximum absolute atomic E-state index is 6.32. The van der Waals surface area contributed by atoms with Crippen molar-refractivity contribution in [2.24, 2.45) is 0 Å². The van der Waals surface area contributed by atoms with Crippen molar-refractivity contribution in [3.05, 3.63) is 236 Å². The lowest BCUT2D eigenvalue weighted by Crippen LogP contribution is -2.18. The average Bonchev–Trinajstić information content (AvgIpc) is 3.69. The van der Waals surface area contributed by atoms with Crippen LogP contribution in [0.15, 0.2) is 235 Å². The highest BCUT2D eigenvalue weighted by atomic mass is 16.3. The number of hydrogen-bond donors (Lipinski definition) is 0. The molecule has 3 heteroatoms. The maximum atomic E-state index is 6.32. The van der Waals surface area contributed by atoms with E-state index in [-0.39, 0.29) is 0 Å². The highest BCUT2D eigenvalue weighted by molar-refractivity contribution is 6.16. The minimum absolute atomic E-state index is 0.652. The van der Waals surface area contributed by atoms with Crippen LogP contribution in [0.1, 0.15) is 5.56 Å². The van der Waals surface area contributed by atoms with Crippen molar-refractivity contribution in [3.63, 3.8) is 0 Å². The van der Waals surface area contributed by atoms with Crippen LogP contribution >= 0.6 is 0 Å². The van der Waals surface area contributed by atoms with Gasteiger partial charge in [-0.1, -0.05) is 152 Å². The molecule has 0 bridgehead atoms.